The minimum absolute atomic E-state index is 0.0793. The monoisotopic (exact) mass is 192 g/mol. The molecule has 0 saturated carbocycles. The van der Waals surface area contributed by atoms with Gasteiger partial charge in [0.15, 0.2) is 0 Å². The fraction of sp³-hybridized carbons (Fsp3) is 0.583. The van der Waals surface area contributed by atoms with Gasteiger partial charge < -0.3 is 5.73 Å². The molecule has 0 spiro atoms. The Balaban J connectivity index is 2.84. The van der Waals surface area contributed by atoms with Crippen LogP contribution in [0.15, 0.2) is 12.3 Å². The van der Waals surface area contributed by atoms with Crippen molar-refractivity contribution in [3.8, 4) is 0 Å². The summed E-state index contributed by atoms with van der Waals surface area (Å²) in [5.41, 5.74) is 9.53. The third-order valence-electron chi connectivity index (χ3n) is 2.33. The SMILES string of the molecule is Cc1cnc(C(N)CC(C)C)c(C)c1. The van der Waals surface area contributed by atoms with Crippen LogP contribution in [-0.4, -0.2) is 4.98 Å². The smallest absolute Gasteiger partial charge is 0.0600 e. The Morgan fingerprint density at radius 2 is 2.00 bits per heavy atom. The zero-order valence-corrected chi connectivity index (χ0v) is 9.54. The summed E-state index contributed by atoms with van der Waals surface area (Å²) in [4.78, 5) is 4.41. The number of pyridine rings is 1. The highest BCUT2D eigenvalue weighted by molar-refractivity contribution is 5.25. The number of rotatable bonds is 3. The summed E-state index contributed by atoms with van der Waals surface area (Å²) in [5.74, 6) is 0.618. The van der Waals surface area contributed by atoms with E-state index in [-0.39, 0.29) is 6.04 Å². The second-order valence-corrected chi connectivity index (χ2v) is 4.45. The highest BCUT2D eigenvalue weighted by Gasteiger charge is 2.11. The molecule has 2 nitrogen and oxygen atoms in total. The summed E-state index contributed by atoms with van der Waals surface area (Å²) >= 11 is 0. The van der Waals surface area contributed by atoms with Gasteiger partial charge in [-0.05, 0) is 37.3 Å². The molecular weight excluding hydrogens is 172 g/mol. The highest BCUT2D eigenvalue weighted by atomic mass is 14.8. The molecule has 78 valence electrons. The van der Waals surface area contributed by atoms with E-state index in [1.54, 1.807) is 0 Å². The topological polar surface area (TPSA) is 38.9 Å². The van der Waals surface area contributed by atoms with Crippen molar-refractivity contribution in [3.63, 3.8) is 0 Å². The first-order chi connectivity index (χ1) is 6.50. The van der Waals surface area contributed by atoms with Crippen LogP contribution in [0.25, 0.3) is 0 Å². The van der Waals surface area contributed by atoms with Crippen molar-refractivity contribution in [1.82, 2.24) is 4.98 Å². The Morgan fingerprint density at radius 3 is 2.50 bits per heavy atom. The predicted octanol–water partition coefficient (Wildman–Crippen LogP) is 2.74. The summed E-state index contributed by atoms with van der Waals surface area (Å²) in [7, 11) is 0. The molecule has 1 rings (SSSR count). The second kappa shape index (κ2) is 4.56. The molecular formula is C12H20N2. The molecule has 0 aliphatic rings. The third kappa shape index (κ3) is 2.81. The van der Waals surface area contributed by atoms with Crippen molar-refractivity contribution >= 4 is 0 Å². The Labute approximate surface area is 86.5 Å². The molecule has 1 heterocycles. The van der Waals surface area contributed by atoms with Gasteiger partial charge in [0, 0.05) is 12.2 Å². The number of aromatic nitrogens is 1. The van der Waals surface area contributed by atoms with Gasteiger partial charge in [0.25, 0.3) is 0 Å². The molecule has 1 atom stereocenters. The van der Waals surface area contributed by atoms with Crippen LogP contribution in [0.1, 0.15) is 43.1 Å². The maximum absolute atomic E-state index is 6.08. The number of hydrogen-bond donors (Lipinski definition) is 1. The fourth-order valence-corrected chi connectivity index (χ4v) is 1.73. The number of nitrogens with zero attached hydrogens (tertiary/aromatic N) is 1. The van der Waals surface area contributed by atoms with Crippen molar-refractivity contribution in [3.05, 3.63) is 29.1 Å². The van der Waals surface area contributed by atoms with Crippen molar-refractivity contribution in [2.75, 3.05) is 0 Å². The Kier molecular flexibility index (Phi) is 3.64. The van der Waals surface area contributed by atoms with Crippen molar-refractivity contribution < 1.29 is 0 Å². The Hall–Kier alpha value is -0.890. The lowest BCUT2D eigenvalue weighted by molar-refractivity contribution is 0.500. The molecule has 0 fully saturated rings. The molecule has 0 aliphatic heterocycles. The molecule has 0 radical (unpaired) electrons. The first kappa shape index (κ1) is 11.2. The predicted molar refractivity (Wildman–Crippen MR) is 60.1 cm³/mol. The molecule has 0 amide bonds. The normalized spacial score (nSPS) is 13.3. The third-order valence-corrected chi connectivity index (χ3v) is 2.33. The summed E-state index contributed by atoms with van der Waals surface area (Å²) in [5, 5.41) is 0. The molecule has 2 N–H and O–H groups in total. The average molecular weight is 192 g/mol. The molecule has 1 aromatic heterocycles. The van der Waals surface area contributed by atoms with Crippen LogP contribution in [0, 0.1) is 19.8 Å². The van der Waals surface area contributed by atoms with Crippen LogP contribution in [-0.2, 0) is 0 Å². The number of nitrogens with two attached hydrogens (primary N) is 1. The van der Waals surface area contributed by atoms with Gasteiger partial charge in [-0.15, -0.1) is 0 Å². The van der Waals surface area contributed by atoms with E-state index >= 15 is 0 Å². The molecule has 0 bridgehead atoms. The first-order valence-electron chi connectivity index (χ1n) is 5.19. The molecule has 14 heavy (non-hydrogen) atoms. The lowest BCUT2D eigenvalue weighted by atomic mass is 9.98. The quantitative estimate of drug-likeness (QED) is 0.799. The van der Waals surface area contributed by atoms with Gasteiger partial charge in [0.05, 0.1) is 5.69 Å². The molecule has 1 aromatic rings. The lowest BCUT2D eigenvalue weighted by Gasteiger charge is -2.15. The van der Waals surface area contributed by atoms with Gasteiger partial charge in [0.2, 0.25) is 0 Å². The van der Waals surface area contributed by atoms with Crippen LogP contribution in [0.3, 0.4) is 0 Å². The summed E-state index contributed by atoms with van der Waals surface area (Å²) in [6.45, 7) is 8.50. The maximum atomic E-state index is 6.08. The number of aryl methyl sites for hydroxylation is 2. The highest BCUT2D eigenvalue weighted by Crippen LogP contribution is 2.20. The molecule has 1 unspecified atom stereocenters. The Morgan fingerprint density at radius 1 is 1.36 bits per heavy atom. The summed E-state index contributed by atoms with van der Waals surface area (Å²) < 4.78 is 0. The minimum Gasteiger partial charge on any atom is -0.323 e. The van der Waals surface area contributed by atoms with E-state index in [0.717, 1.165) is 12.1 Å². The maximum Gasteiger partial charge on any atom is 0.0600 e. The van der Waals surface area contributed by atoms with E-state index in [1.165, 1.54) is 11.1 Å². The number of hydrogen-bond acceptors (Lipinski definition) is 2. The van der Waals surface area contributed by atoms with E-state index in [2.05, 4.69) is 38.7 Å². The zero-order chi connectivity index (χ0) is 10.7. The van der Waals surface area contributed by atoms with Crippen LogP contribution < -0.4 is 5.73 Å². The standard InChI is InChI=1S/C12H20N2/c1-8(2)5-11(13)12-10(4)6-9(3)7-14-12/h6-8,11H,5,13H2,1-4H3. The van der Waals surface area contributed by atoms with E-state index in [4.69, 9.17) is 5.73 Å². The van der Waals surface area contributed by atoms with Gasteiger partial charge in [-0.1, -0.05) is 19.9 Å². The van der Waals surface area contributed by atoms with Crippen molar-refractivity contribution in [2.45, 2.75) is 40.2 Å². The molecule has 0 aliphatic carbocycles. The van der Waals surface area contributed by atoms with Gasteiger partial charge >= 0.3 is 0 Å². The second-order valence-electron chi connectivity index (χ2n) is 4.45. The van der Waals surface area contributed by atoms with Gasteiger partial charge in [-0.25, -0.2) is 0 Å². The first-order valence-corrected chi connectivity index (χ1v) is 5.19. The largest absolute Gasteiger partial charge is 0.323 e. The lowest BCUT2D eigenvalue weighted by Crippen LogP contribution is -2.15. The van der Waals surface area contributed by atoms with Crippen LogP contribution in [0.4, 0.5) is 0 Å². The zero-order valence-electron chi connectivity index (χ0n) is 9.54. The fourth-order valence-electron chi connectivity index (χ4n) is 1.73. The summed E-state index contributed by atoms with van der Waals surface area (Å²) in [6, 6.07) is 2.22. The molecule has 2 heteroatoms. The minimum atomic E-state index is 0.0793. The summed E-state index contributed by atoms with van der Waals surface area (Å²) in [6.07, 6.45) is 2.89. The van der Waals surface area contributed by atoms with Gasteiger partial charge in [-0.2, -0.15) is 0 Å². The van der Waals surface area contributed by atoms with Crippen LogP contribution in [0.2, 0.25) is 0 Å². The Bertz CT molecular complexity index is 305. The van der Waals surface area contributed by atoms with Gasteiger partial charge in [-0.3, -0.25) is 4.98 Å². The van der Waals surface area contributed by atoms with Crippen LogP contribution in [0.5, 0.6) is 0 Å². The molecule has 0 aromatic carbocycles. The van der Waals surface area contributed by atoms with Crippen molar-refractivity contribution in [2.24, 2.45) is 11.7 Å². The van der Waals surface area contributed by atoms with E-state index in [0.29, 0.717) is 5.92 Å². The molecule has 0 saturated heterocycles. The van der Waals surface area contributed by atoms with E-state index < -0.39 is 0 Å². The van der Waals surface area contributed by atoms with Crippen LogP contribution >= 0.6 is 0 Å². The van der Waals surface area contributed by atoms with E-state index in [9.17, 15) is 0 Å². The van der Waals surface area contributed by atoms with Crippen molar-refractivity contribution in [1.29, 1.82) is 0 Å². The van der Waals surface area contributed by atoms with Gasteiger partial charge in [0.1, 0.15) is 0 Å². The van der Waals surface area contributed by atoms with E-state index in [1.807, 2.05) is 6.20 Å². The average Bonchev–Trinajstić information content (AvgIpc) is 2.01.